The molecule has 0 N–H and O–H groups in total. The van der Waals surface area contributed by atoms with Gasteiger partial charge in [0.15, 0.2) is 9.84 Å². The zero-order chi connectivity index (χ0) is 16.4. The van der Waals surface area contributed by atoms with Crippen LogP contribution in [-0.4, -0.2) is 20.2 Å². The van der Waals surface area contributed by atoms with Crippen LogP contribution in [0.3, 0.4) is 0 Å². The summed E-state index contributed by atoms with van der Waals surface area (Å²) in [7, 11) is -3.09. The van der Waals surface area contributed by atoms with Crippen LogP contribution in [0, 0.1) is 13.8 Å². The van der Waals surface area contributed by atoms with Gasteiger partial charge in [-0.15, -0.1) is 0 Å². The lowest BCUT2D eigenvalue weighted by Crippen LogP contribution is -2.30. The van der Waals surface area contributed by atoms with Gasteiger partial charge in [0.25, 0.3) is 0 Å². The van der Waals surface area contributed by atoms with Crippen LogP contribution in [0.4, 0.5) is 5.69 Å². The largest absolute Gasteiger partial charge is 0.304 e. The first-order valence-electron chi connectivity index (χ1n) is 7.44. The van der Waals surface area contributed by atoms with Crippen LogP contribution in [0.1, 0.15) is 11.1 Å². The molecular formula is C18H19NO2S2. The number of hydrogen-bond donors (Lipinski definition) is 0. The summed E-state index contributed by atoms with van der Waals surface area (Å²) < 4.78 is 25.7. The fourth-order valence-electron chi connectivity index (χ4n) is 2.42. The van der Waals surface area contributed by atoms with Gasteiger partial charge in [-0.05, 0) is 56.1 Å². The van der Waals surface area contributed by atoms with Crippen molar-refractivity contribution < 1.29 is 8.42 Å². The summed E-state index contributed by atoms with van der Waals surface area (Å²) in [6.45, 7) is 4.10. The summed E-state index contributed by atoms with van der Waals surface area (Å²) in [5.74, 6) is 0.125. The van der Waals surface area contributed by atoms with E-state index in [0.29, 0.717) is 0 Å². The molecule has 0 radical (unpaired) electrons. The summed E-state index contributed by atoms with van der Waals surface area (Å²) in [6, 6.07) is 16.3. The molecule has 1 aliphatic heterocycles. The van der Waals surface area contributed by atoms with Gasteiger partial charge in [-0.1, -0.05) is 35.4 Å². The minimum absolute atomic E-state index is 0.125. The van der Waals surface area contributed by atoms with E-state index in [1.54, 1.807) is 18.0 Å². The number of anilines is 1. The molecule has 1 atom stereocenters. The number of nitrogens with zero attached hydrogens (tertiary/aromatic N) is 1. The van der Waals surface area contributed by atoms with Crippen molar-refractivity contribution in [3.8, 4) is 0 Å². The van der Waals surface area contributed by atoms with Gasteiger partial charge >= 0.3 is 0 Å². The Morgan fingerprint density at radius 2 is 1.52 bits per heavy atom. The molecule has 1 aliphatic rings. The molecule has 0 saturated carbocycles. The molecule has 1 unspecified atom stereocenters. The third-order valence-corrected chi connectivity index (χ3v) is 6.26. The molecule has 0 fully saturated rings. The minimum atomic E-state index is -3.09. The van der Waals surface area contributed by atoms with Gasteiger partial charge < -0.3 is 4.31 Å². The first kappa shape index (κ1) is 16.1. The Balaban J connectivity index is 1.91. The summed E-state index contributed by atoms with van der Waals surface area (Å²) in [4.78, 5) is 1.09. The minimum Gasteiger partial charge on any atom is -0.304 e. The molecule has 0 aromatic heterocycles. The van der Waals surface area contributed by atoms with Crippen molar-refractivity contribution in [1.29, 1.82) is 0 Å². The monoisotopic (exact) mass is 345 g/mol. The first-order chi connectivity index (χ1) is 10.9. The lowest BCUT2D eigenvalue weighted by Gasteiger charge is -2.28. The Labute approximate surface area is 142 Å². The highest BCUT2D eigenvalue weighted by molar-refractivity contribution is 8.01. The van der Waals surface area contributed by atoms with Crippen LogP contribution in [-0.2, 0) is 9.84 Å². The van der Waals surface area contributed by atoms with E-state index in [0.717, 1.165) is 10.6 Å². The number of rotatable bonds is 4. The van der Waals surface area contributed by atoms with Crippen LogP contribution in [0.5, 0.6) is 0 Å². The van der Waals surface area contributed by atoms with E-state index in [2.05, 4.69) is 35.5 Å². The summed E-state index contributed by atoms with van der Waals surface area (Å²) in [5.41, 5.74) is 3.40. The van der Waals surface area contributed by atoms with Crippen LogP contribution >= 0.6 is 11.9 Å². The molecule has 3 rings (SSSR count). The van der Waals surface area contributed by atoms with E-state index in [9.17, 15) is 8.42 Å². The third kappa shape index (κ3) is 3.98. The van der Waals surface area contributed by atoms with Crippen molar-refractivity contribution in [3.63, 3.8) is 0 Å². The van der Waals surface area contributed by atoms with Crippen LogP contribution in [0.15, 0.2) is 64.9 Å². The lowest BCUT2D eigenvalue weighted by atomic mass is 10.2. The summed E-state index contributed by atoms with van der Waals surface area (Å²) >= 11 is 1.57. The van der Waals surface area contributed by atoms with Crippen molar-refractivity contribution >= 4 is 27.5 Å². The Hall–Kier alpha value is -1.72. The molecule has 0 spiro atoms. The first-order valence-corrected chi connectivity index (χ1v) is 9.93. The predicted octanol–water partition coefficient (Wildman–Crippen LogP) is 4.13. The highest BCUT2D eigenvalue weighted by Gasteiger charge is 2.28. The van der Waals surface area contributed by atoms with E-state index in [1.807, 2.05) is 31.2 Å². The van der Waals surface area contributed by atoms with Crippen molar-refractivity contribution in [1.82, 2.24) is 0 Å². The molecule has 2 aromatic rings. The van der Waals surface area contributed by atoms with Gasteiger partial charge in [0.2, 0.25) is 0 Å². The van der Waals surface area contributed by atoms with Crippen LogP contribution in [0.25, 0.3) is 0 Å². The van der Waals surface area contributed by atoms with Gasteiger partial charge in [-0.2, -0.15) is 0 Å². The normalized spacial score (nSPS) is 19.0. The van der Waals surface area contributed by atoms with Crippen molar-refractivity contribution in [3.05, 3.63) is 71.1 Å². The fourth-order valence-corrected chi connectivity index (χ4v) is 4.78. The third-order valence-electron chi connectivity index (χ3n) is 3.73. The predicted molar refractivity (Wildman–Crippen MR) is 97.4 cm³/mol. The number of aryl methyl sites for hydroxylation is 2. The Morgan fingerprint density at radius 1 is 0.957 bits per heavy atom. The van der Waals surface area contributed by atoms with Gasteiger partial charge in [-0.25, -0.2) is 8.42 Å². The molecule has 5 heteroatoms. The molecule has 3 nitrogen and oxygen atoms in total. The molecule has 1 heterocycles. The molecule has 2 aromatic carbocycles. The highest BCUT2D eigenvalue weighted by Crippen LogP contribution is 2.34. The average Bonchev–Trinajstić information content (AvgIpc) is 2.88. The van der Waals surface area contributed by atoms with Crippen LogP contribution in [0.2, 0.25) is 0 Å². The molecule has 0 saturated heterocycles. The second-order valence-electron chi connectivity index (χ2n) is 5.79. The van der Waals surface area contributed by atoms with Crippen molar-refractivity contribution in [2.24, 2.45) is 0 Å². The van der Waals surface area contributed by atoms with Gasteiger partial charge in [0, 0.05) is 16.0 Å². The van der Waals surface area contributed by atoms with Gasteiger partial charge in [-0.3, -0.25) is 0 Å². The molecule has 23 heavy (non-hydrogen) atoms. The summed E-state index contributed by atoms with van der Waals surface area (Å²) in [5, 5.41) is 1.33. The standard InChI is InChI=1S/C18H19NO2S2/c1-14-3-7-16(8-4-14)19(17-11-12-23(20,21)13-17)22-18-9-5-15(2)6-10-18/h3-12,17H,13H2,1-2H3. The molecule has 0 aliphatic carbocycles. The van der Waals surface area contributed by atoms with Gasteiger partial charge in [0.05, 0.1) is 11.8 Å². The summed E-state index contributed by atoms with van der Waals surface area (Å²) in [6.07, 6.45) is 1.77. The van der Waals surface area contributed by atoms with Crippen LogP contribution < -0.4 is 4.31 Å². The number of hydrogen-bond acceptors (Lipinski definition) is 4. The number of sulfone groups is 1. The topological polar surface area (TPSA) is 37.4 Å². The van der Waals surface area contributed by atoms with E-state index in [1.165, 1.54) is 16.5 Å². The SMILES string of the molecule is Cc1ccc(SN(c2ccc(C)cc2)C2C=CS(=O)(=O)C2)cc1. The second-order valence-corrected chi connectivity index (χ2v) is 8.77. The van der Waals surface area contributed by atoms with E-state index in [4.69, 9.17) is 0 Å². The smallest absolute Gasteiger partial charge is 0.173 e. The second kappa shape index (κ2) is 6.42. The van der Waals surface area contributed by atoms with Crippen molar-refractivity contribution in [2.45, 2.75) is 24.8 Å². The quantitative estimate of drug-likeness (QED) is 0.781. The number of benzene rings is 2. The molecule has 120 valence electrons. The average molecular weight is 345 g/mol. The Kier molecular flexibility index (Phi) is 4.50. The Morgan fingerprint density at radius 3 is 2.04 bits per heavy atom. The van der Waals surface area contributed by atoms with Gasteiger partial charge in [0.1, 0.15) is 0 Å². The highest BCUT2D eigenvalue weighted by atomic mass is 32.2. The fraction of sp³-hybridized carbons (Fsp3) is 0.222. The zero-order valence-corrected chi connectivity index (χ0v) is 14.8. The van der Waals surface area contributed by atoms with Crippen molar-refractivity contribution in [2.75, 3.05) is 10.1 Å². The lowest BCUT2D eigenvalue weighted by molar-refractivity contribution is 0.604. The maximum atomic E-state index is 11.8. The molecule has 0 bridgehead atoms. The van der Waals surface area contributed by atoms with E-state index < -0.39 is 9.84 Å². The molecular weight excluding hydrogens is 326 g/mol. The van der Waals surface area contributed by atoms with E-state index in [-0.39, 0.29) is 11.8 Å². The maximum absolute atomic E-state index is 11.8. The zero-order valence-electron chi connectivity index (χ0n) is 13.1. The Bertz CT molecular complexity index is 809. The van der Waals surface area contributed by atoms with E-state index >= 15 is 0 Å². The molecule has 0 amide bonds. The maximum Gasteiger partial charge on any atom is 0.173 e.